The Kier molecular flexibility index (Phi) is 3.16. The highest BCUT2D eigenvalue weighted by Gasteiger charge is 2.53. The number of aryl methyl sites for hydroxylation is 2. The largest absolute Gasteiger partial charge is 0.439 e. The van der Waals surface area contributed by atoms with Crippen LogP contribution in [-0.2, 0) is 5.41 Å². The second-order valence-corrected chi connectivity index (χ2v) is 8.66. The van der Waals surface area contributed by atoms with Crippen molar-refractivity contribution >= 4 is 33.3 Å². The Labute approximate surface area is 143 Å². The molecule has 2 aliphatic rings. The van der Waals surface area contributed by atoms with Crippen molar-refractivity contribution in [3.8, 4) is 11.8 Å². The van der Waals surface area contributed by atoms with Gasteiger partial charge in [0.1, 0.15) is 16.5 Å². The second-order valence-electron chi connectivity index (χ2n) is 6.21. The number of rotatable bonds is 0. The Hall–Kier alpha value is -1.71. The van der Waals surface area contributed by atoms with E-state index in [1.54, 1.807) is 11.3 Å². The van der Waals surface area contributed by atoms with Gasteiger partial charge in [-0.05, 0) is 37.7 Å². The molecule has 0 aromatic carbocycles. The Bertz CT molecular complexity index is 909. The first-order valence-electron chi connectivity index (χ1n) is 7.60. The van der Waals surface area contributed by atoms with Crippen molar-refractivity contribution in [3.63, 3.8) is 0 Å². The Balaban J connectivity index is 2.10. The van der Waals surface area contributed by atoms with E-state index in [1.807, 2.05) is 18.7 Å². The highest BCUT2D eigenvalue weighted by atomic mass is 32.2. The Morgan fingerprint density at radius 1 is 1.48 bits per heavy atom. The molecule has 0 radical (unpaired) electrons. The SMILES string of the molecule is Cc1cc(C)c2c3c(sc2n1)C1(CCSC1C)C(C#N)=C(N)O3. The molecule has 1 fully saturated rings. The number of fused-ring (bicyclic) bond motifs is 4. The van der Waals surface area contributed by atoms with Crippen molar-refractivity contribution in [2.24, 2.45) is 5.73 Å². The van der Waals surface area contributed by atoms with Crippen LogP contribution in [0.2, 0.25) is 0 Å². The third-order valence-corrected chi connectivity index (χ3v) is 7.51. The normalized spacial score (nSPS) is 26.4. The number of hydrogen-bond donors (Lipinski definition) is 1. The quantitative estimate of drug-likeness (QED) is 0.788. The van der Waals surface area contributed by atoms with Gasteiger partial charge in [-0.15, -0.1) is 11.3 Å². The lowest BCUT2D eigenvalue weighted by molar-refractivity contribution is 0.359. The molecule has 2 unspecified atom stereocenters. The molecule has 4 heterocycles. The second kappa shape index (κ2) is 4.89. The van der Waals surface area contributed by atoms with Gasteiger partial charge in [-0.3, -0.25) is 0 Å². The predicted octanol–water partition coefficient (Wildman–Crippen LogP) is 3.76. The maximum atomic E-state index is 9.72. The summed E-state index contributed by atoms with van der Waals surface area (Å²) in [5.41, 5.74) is 8.56. The Morgan fingerprint density at radius 3 is 2.91 bits per heavy atom. The number of aromatic nitrogens is 1. The van der Waals surface area contributed by atoms with Gasteiger partial charge in [0.05, 0.1) is 15.7 Å². The molecule has 23 heavy (non-hydrogen) atoms. The van der Waals surface area contributed by atoms with E-state index in [4.69, 9.17) is 10.5 Å². The summed E-state index contributed by atoms with van der Waals surface area (Å²) in [6.45, 7) is 6.27. The van der Waals surface area contributed by atoms with Crippen LogP contribution >= 0.6 is 23.1 Å². The number of hydrogen-bond acceptors (Lipinski definition) is 6. The molecular weight excluding hydrogens is 326 g/mol. The van der Waals surface area contributed by atoms with E-state index in [0.29, 0.717) is 10.8 Å². The van der Waals surface area contributed by atoms with Gasteiger partial charge in [0.2, 0.25) is 5.88 Å². The lowest BCUT2D eigenvalue weighted by Crippen LogP contribution is -2.38. The zero-order chi connectivity index (χ0) is 16.4. The van der Waals surface area contributed by atoms with E-state index < -0.39 is 0 Å². The van der Waals surface area contributed by atoms with Crippen LogP contribution in [0.25, 0.3) is 10.2 Å². The number of thiophene rings is 1. The van der Waals surface area contributed by atoms with Crippen molar-refractivity contribution in [1.29, 1.82) is 5.26 Å². The van der Waals surface area contributed by atoms with Crippen LogP contribution in [0, 0.1) is 25.2 Å². The number of nitrogens with zero attached hydrogens (tertiary/aromatic N) is 2. The fraction of sp³-hybridized carbons (Fsp3) is 0.412. The van der Waals surface area contributed by atoms with Gasteiger partial charge < -0.3 is 10.5 Å². The summed E-state index contributed by atoms with van der Waals surface area (Å²) in [5, 5.41) is 11.1. The zero-order valence-electron chi connectivity index (χ0n) is 13.3. The molecule has 2 N–H and O–H groups in total. The van der Waals surface area contributed by atoms with E-state index in [1.165, 1.54) is 0 Å². The summed E-state index contributed by atoms with van der Waals surface area (Å²) in [4.78, 5) is 6.78. The lowest BCUT2D eigenvalue weighted by Gasteiger charge is -2.36. The molecule has 0 saturated carbocycles. The van der Waals surface area contributed by atoms with Gasteiger partial charge in [-0.1, -0.05) is 6.92 Å². The predicted molar refractivity (Wildman–Crippen MR) is 94.8 cm³/mol. The first-order valence-corrected chi connectivity index (χ1v) is 9.46. The monoisotopic (exact) mass is 343 g/mol. The minimum absolute atomic E-state index is 0.258. The fourth-order valence-corrected chi connectivity index (χ4v) is 6.86. The summed E-state index contributed by atoms with van der Waals surface area (Å²) in [5.74, 6) is 2.11. The number of allylic oxidation sites excluding steroid dienone is 1. The van der Waals surface area contributed by atoms with Gasteiger partial charge in [0, 0.05) is 10.9 Å². The van der Waals surface area contributed by atoms with Crippen LogP contribution in [-0.4, -0.2) is 16.0 Å². The number of thioether (sulfide) groups is 1. The lowest BCUT2D eigenvalue weighted by atomic mass is 9.73. The molecule has 118 valence electrons. The van der Waals surface area contributed by atoms with Crippen molar-refractivity contribution in [1.82, 2.24) is 4.98 Å². The van der Waals surface area contributed by atoms with Crippen LogP contribution in [0.15, 0.2) is 17.5 Å². The van der Waals surface area contributed by atoms with Gasteiger partial charge >= 0.3 is 0 Å². The van der Waals surface area contributed by atoms with Gasteiger partial charge in [0.25, 0.3) is 0 Å². The zero-order valence-corrected chi connectivity index (χ0v) is 14.9. The molecule has 6 heteroatoms. The van der Waals surface area contributed by atoms with Gasteiger partial charge in [-0.25, -0.2) is 4.98 Å². The summed E-state index contributed by atoms with van der Waals surface area (Å²) in [6, 6.07) is 4.40. The topological polar surface area (TPSA) is 71.9 Å². The summed E-state index contributed by atoms with van der Waals surface area (Å²) in [6.07, 6.45) is 0.920. The van der Waals surface area contributed by atoms with Crippen LogP contribution in [0.5, 0.6) is 5.75 Å². The van der Waals surface area contributed by atoms with Crippen LogP contribution in [0.4, 0.5) is 0 Å². The highest BCUT2D eigenvalue weighted by molar-refractivity contribution is 8.00. The Morgan fingerprint density at radius 2 is 2.26 bits per heavy atom. The van der Waals surface area contributed by atoms with Gasteiger partial charge in [0.15, 0.2) is 5.75 Å². The minimum atomic E-state index is -0.331. The van der Waals surface area contributed by atoms with E-state index in [2.05, 4.69) is 31.0 Å². The third kappa shape index (κ3) is 1.81. The third-order valence-electron chi connectivity index (χ3n) is 4.92. The fourth-order valence-electron chi connectivity index (χ4n) is 3.82. The molecule has 4 nitrogen and oxygen atoms in total. The first kappa shape index (κ1) is 14.9. The average molecular weight is 343 g/mol. The number of nitrogens with two attached hydrogens (primary N) is 1. The molecule has 1 spiro atoms. The van der Waals surface area contributed by atoms with Crippen molar-refractivity contribution in [2.45, 2.75) is 37.9 Å². The molecule has 4 rings (SSSR count). The standard InChI is InChI=1S/C17H17N3OS2/c1-8-6-9(2)20-16-12(8)13-14(23-16)17(4-5-22-10(17)3)11(7-18)15(19)21-13/h6,10H,4-5,19H2,1-3H3. The van der Waals surface area contributed by atoms with E-state index in [9.17, 15) is 5.26 Å². The summed E-state index contributed by atoms with van der Waals surface area (Å²) in [7, 11) is 0. The number of pyridine rings is 1. The van der Waals surface area contributed by atoms with Crippen LogP contribution in [0.1, 0.15) is 29.5 Å². The summed E-state index contributed by atoms with van der Waals surface area (Å²) >= 11 is 3.55. The number of nitriles is 1. The van der Waals surface area contributed by atoms with Crippen LogP contribution in [0.3, 0.4) is 0 Å². The average Bonchev–Trinajstić information content (AvgIpc) is 3.02. The van der Waals surface area contributed by atoms with E-state index in [0.717, 1.165) is 44.3 Å². The molecule has 0 bridgehead atoms. The molecule has 0 amide bonds. The molecule has 2 aromatic rings. The molecule has 2 aliphatic heterocycles. The highest BCUT2D eigenvalue weighted by Crippen LogP contribution is 2.59. The molecular formula is C17H17N3OS2. The van der Waals surface area contributed by atoms with E-state index in [-0.39, 0.29) is 11.3 Å². The van der Waals surface area contributed by atoms with Gasteiger partial charge in [-0.2, -0.15) is 17.0 Å². The minimum Gasteiger partial charge on any atom is -0.439 e. The smallest absolute Gasteiger partial charge is 0.205 e. The molecule has 2 atom stereocenters. The summed E-state index contributed by atoms with van der Waals surface area (Å²) < 4.78 is 5.94. The molecule has 1 saturated heterocycles. The van der Waals surface area contributed by atoms with Crippen molar-refractivity contribution in [3.05, 3.63) is 33.7 Å². The van der Waals surface area contributed by atoms with Crippen molar-refractivity contribution < 1.29 is 4.74 Å². The first-order chi connectivity index (χ1) is 11.0. The van der Waals surface area contributed by atoms with Crippen molar-refractivity contribution in [2.75, 3.05) is 5.75 Å². The molecule has 0 aliphatic carbocycles. The maximum Gasteiger partial charge on any atom is 0.205 e. The molecule has 2 aromatic heterocycles. The maximum absolute atomic E-state index is 9.72. The number of ether oxygens (including phenoxy) is 1. The van der Waals surface area contributed by atoms with Crippen LogP contribution < -0.4 is 10.5 Å². The van der Waals surface area contributed by atoms with E-state index >= 15 is 0 Å².